The summed E-state index contributed by atoms with van der Waals surface area (Å²) in [7, 11) is 1.33. The van der Waals surface area contributed by atoms with Crippen LogP contribution in [0.5, 0.6) is 5.75 Å². The number of amides is 1. The number of carbonyl (C=O) groups is 2. The van der Waals surface area contributed by atoms with E-state index in [1.54, 1.807) is 18.2 Å². The van der Waals surface area contributed by atoms with Crippen molar-refractivity contribution in [3.05, 3.63) is 23.8 Å². The number of hydrogen-bond donors (Lipinski definition) is 1. The van der Waals surface area contributed by atoms with Crippen LogP contribution in [0.4, 0.5) is 5.69 Å². The fraction of sp³-hybridized carbons (Fsp3) is 0.667. The van der Waals surface area contributed by atoms with Crippen LogP contribution in [-0.2, 0) is 14.3 Å². The van der Waals surface area contributed by atoms with Crippen LogP contribution in [0.2, 0.25) is 0 Å². The van der Waals surface area contributed by atoms with Crippen LogP contribution in [0.1, 0.15) is 78.1 Å². The summed E-state index contributed by atoms with van der Waals surface area (Å²) in [6, 6.07) is 5.04. The molecule has 1 N–H and O–H groups in total. The summed E-state index contributed by atoms with van der Waals surface area (Å²) in [5.74, 6) is 0.314. The van der Waals surface area contributed by atoms with Gasteiger partial charge < -0.3 is 19.5 Å². The van der Waals surface area contributed by atoms with Crippen LogP contribution >= 0.6 is 0 Å². The predicted molar refractivity (Wildman–Crippen MR) is 120 cm³/mol. The van der Waals surface area contributed by atoms with E-state index in [9.17, 15) is 9.59 Å². The molecule has 0 saturated carbocycles. The van der Waals surface area contributed by atoms with Crippen molar-refractivity contribution < 1.29 is 23.8 Å². The number of esters is 1. The van der Waals surface area contributed by atoms with Crippen LogP contribution in [-0.4, -0.2) is 37.3 Å². The molecule has 0 aliphatic carbocycles. The van der Waals surface area contributed by atoms with E-state index < -0.39 is 11.6 Å². The van der Waals surface area contributed by atoms with Gasteiger partial charge in [0.2, 0.25) is 0 Å². The molecule has 0 spiro atoms. The van der Waals surface area contributed by atoms with Crippen LogP contribution < -0.4 is 10.1 Å². The van der Waals surface area contributed by atoms with E-state index in [0.29, 0.717) is 30.9 Å². The summed E-state index contributed by atoms with van der Waals surface area (Å²) < 4.78 is 16.8. The second-order valence-corrected chi connectivity index (χ2v) is 8.62. The van der Waals surface area contributed by atoms with Crippen LogP contribution in [0, 0.1) is 11.8 Å². The van der Waals surface area contributed by atoms with E-state index in [1.807, 2.05) is 20.8 Å². The Hall–Kier alpha value is -2.08. The molecular formula is C24H39NO5. The van der Waals surface area contributed by atoms with Gasteiger partial charge in [-0.2, -0.15) is 0 Å². The van der Waals surface area contributed by atoms with E-state index in [2.05, 4.69) is 33.0 Å². The van der Waals surface area contributed by atoms with Gasteiger partial charge in [0, 0.05) is 12.3 Å². The Morgan fingerprint density at radius 1 is 1.03 bits per heavy atom. The van der Waals surface area contributed by atoms with Gasteiger partial charge in [-0.1, -0.05) is 34.6 Å². The maximum atomic E-state index is 13.4. The van der Waals surface area contributed by atoms with Gasteiger partial charge in [0.1, 0.15) is 16.9 Å². The van der Waals surface area contributed by atoms with E-state index in [0.717, 1.165) is 6.42 Å². The molecule has 0 heterocycles. The lowest BCUT2D eigenvalue weighted by Crippen LogP contribution is -2.47. The Morgan fingerprint density at radius 2 is 1.63 bits per heavy atom. The summed E-state index contributed by atoms with van der Waals surface area (Å²) in [6.45, 7) is 14.6. The number of anilines is 1. The Labute approximate surface area is 181 Å². The van der Waals surface area contributed by atoms with Gasteiger partial charge in [0.05, 0.1) is 13.2 Å². The molecule has 1 atom stereocenters. The third-order valence-electron chi connectivity index (χ3n) is 4.86. The molecule has 0 saturated heterocycles. The second kappa shape index (κ2) is 11.9. The third kappa shape index (κ3) is 7.31. The van der Waals surface area contributed by atoms with Gasteiger partial charge in [-0.25, -0.2) is 4.79 Å². The van der Waals surface area contributed by atoms with Gasteiger partial charge in [0.15, 0.2) is 0 Å². The topological polar surface area (TPSA) is 73.9 Å². The molecule has 0 aliphatic heterocycles. The molecule has 6 heteroatoms. The van der Waals surface area contributed by atoms with Crippen molar-refractivity contribution in [2.45, 2.75) is 79.4 Å². The molecule has 0 fully saturated rings. The zero-order chi connectivity index (χ0) is 22.9. The summed E-state index contributed by atoms with van der Waals surface area (Å²) >= 11 is 0. The van der Waals surface area contributed by atoms with E-state index in [-0.39, 0.29) is 29.4 Å². The van der Waals surface area contributed by atoms with Crippen LogP contribution in [0.3, 0.4) is 0 Å². The van der Waals surface area contributed by atoms with Crippen LogP contribution in [0.25, 0.3) is 0 Å². The first kappa shape index (κ1) is 26.0. The number of benzene rings is 1. The SMILES string of the molecule is CCOC(CC(C)C)(CC(C)C)C(=O)Nc1ccc(O[C@@H](C)CC)c(C(=O)OC)c1. The minimum atomic E-state index is -0.922. The van der Waals surface area contributed by atoms with Crippen LogP contribution in [0.15, 0.2) is 18.2 Å². The maximum absolute atomic E-state index is 13.4. The molecule has 0 aromatic heterocycles. The zero-order valence-corrected chi connectivity index (χ0v) is 19.8. The summed E-state index contributed by atoms with van der Waals surface area (Å²) in [4.78, 5) is 25.7. The smallest absolute Gasteiger partial charge is 0.341 e. The maximum Gasteiger partial charge on any atom is 0.341 e. The second-order valence-electron chi connectivity index (χ2n) is 8.62. The first-order valence-corrected chi connectivity index (χ1v) is 10.9. The molecule has 0 aliphatic rings. The Balaban J connectivity index is 3.26. The van der Waals surface area contributed by atoms with E-state index in [1.165, 1.54) is 7.11 Å². The summed E-state index contributed by atoms with van der Waals surface area (Å²) in [5.41, 5.74) is -0.132. The zero-order valence-electron chi connectivity index (χ0n) is 19.8. The fourth-order valence-electron chi connectivity index (χ4n) is 3.57. The van der Waals surface area contributed by atoms with Gasteiger partial charge in [0.25, 0.3) is 5.91 Å². The normalized spacial score (nSPS) is 12.7. The Morgan fingerprint density at radius 3 is 2.10 bits per heavy atom. The van der Waals surface area contributed by atoms with Gasteiger partial charge in [-0.3, -0.25) is 4.79 Å². The van der Waals surface area contributed by atoms with E-state index in [4.69, 9.17) is 14.2 Å². The molecule has 6 nitrogen and oxygen atoms in total. The van der Waals surface area contributed by atoms with Crippen molar-refractivity contribution in [2.75, 3.05) is 19.0 Å². The monoisotopic (exact) mass is 421 g/mol. The molecule has 0 bridgehead atoms. The lowest BCUT2D eigenvalue weighted by atomic mass is 9.83. The van der Waals surface area contributed by atoms with Crippen molar-refractivity contribution in [2.24, 2.45) is 11.8 Å². The molecule has 30 heavy (non-hydrogen) atoms. The number of nitrogens with one attached hydrogen (secondary N) is 1. The molecule has 0 radical (unpaired) electrons. The number of ether oxygens (including phenoxy) is 3. The minimum Gasteiger partial charge on any atom is -0.490 e. The first-order chi connectivity index (χ1) is 14.1. The highest BCUT2D eigenvalue weighted by Crippen LogP contribution is 2.32. The quantitative estimate of drug-likeness (QED) is 0.454. The van der Waals surface area contributed by atoms with Gasteiger partial charge in [-0.15, -0.1) is 0 Å². The highest BCUT2D eigenvalue weighted by atomic mass is 16.5. The van der Waals surface area contributed by atoms with Crippen molar-refractivity contribution in [3.63, 3.8) is 0 Å². The number of carbonyl (C=O) groups excluding carboxylic acids is 2. The Bertz CT molecular complexity index is 689. The van der Waals surface area contributed by atoms with Crippen molar-refractivity contribution in [3.8, 4) is 5.75 Å². The Kier molecular flexibility index (Phi) is 10.3. The highest BCUT2D eigenvalue weighted by molar-refractivity contribution is 5.99. The number of methoxy groups -OCH3 is 1. The van der Waals surface area contributed by atoms with Gasteiger partial charge in [-0.05, 0) is 63.1 Å². The van der Waals surface area contributed by atoms with Crippen molar-refractivity contribution in [1.82, 2.24) is 0 Å². The third-order valence-corrected chi connectivity index (χ3v) is 4.86. The summed E-state index contributed by atoms with van der Waals surface area (Å²) in [5, 5.41) is 2.97. The lowest BCUT2D eigenvalue weighted by Gasteiger charge is -2.35. The predicted octanol–water partition coefficient (Wildman–Crippen LogP) is 5.46. The fourth-order valence-corrected chi connectivity index (χ4v) is 3.57. The van der Waals surface area contributed by atoms with Crippen molar-refractivity contribution >= 4 is 17.6 Å². The first-order valence-electron chi connectivity index (χ1n) is 10.9. The number of rotatable bonds is 12. The molecule has 1 aromatic rings. The van der Waals surface area contributed by atoms with Gasteiger partial charge >= 0.3 is 5.97 Å². The molecule has 0 unspecified atom stereocenters. The minimum absolute atomic E-state index is 0.0449. The molecule has 1 amide bonds. The molecule has 1 aromatic carbocycles. The number of hydrogen-bond acceptors (Lipinski definition) is 5. The molecule has 1 rings (SSSR count). The lowest BCUT2D eigenvalue weighted by molar-refractivity contribution is -0.146. The average Bonchev–Trinajstić information content (AvgIpc) is 2.67. The highest BCUT2D eigenvalue weighted by Gasteiger charge is 2.40. The molecular weight excluding hydrogens is 382 g/mol. The van der Waals surface area contributed by atoms with Crippen molar-refractivity contribution in [1.29, 1.82) is 0 Å². The van der Waals surface area contributed by atoms with E-state index >= 15 is 0 Å². The average molecular weight is 422 g/mol. The standard InChI is InChI=1S/C24H39NO5/c1-9-18(7)30-21-12-11-19(13-20(21)22(26)28-8)25-23(27)24(29-10-2,14-16(3)4)15-17(5)6/h11-13,16-18H,9-10,14-15H2,1-8H3,(H,25,27)/t18-/m0/s1. The summed E-state index contributed by atoms with van der Waals surface area (Å²) in [6.07, 6.45) is 1.99. The largest absolute Gasteiger partial charge is 0.490 e. The molecule has 170 valence electrons.